The van der Waals surface area contributed by atoms with Crippen molar-refractivity contribution in [2.45, 2.75) is 67.2 Å². The lowest BCUT2D eigenvalue weighted by molar-refractivity contribution is -0.137. The van der Waals surface area contributed by atoms with Gasteiger partial charge in [0.05, 0.1) is 0 Å². The van der Waals surface area contributed by atoms with E-state index in [4.69, 9.17) is 5.11 Å². The van der Waals surface area contributed by atoms with Crippen molar-refractivity contribution in [2.24, 2.45) is 16.7 Å². The third-order valence-electron chi connectivity index (χ3n) is 3.44. The van der Waals surface area contributed by atoms with Crippen LogP contribution >= 0.6 is 0 Å². The van der Waals surface area contributed by atoms with Gasteiger partial charge in [-0.05, 0) is 29.6 Å². The van der Waals surface area contributed by atoms with Crippen LogP contribution in [0.5, 0.6) is 0 Å². The van der Waals surface area contributed by atoms with E-state index in [1.165, 1.54) is 0 Å². The zero-order valence-corrected chi connectivity index (χ0v) is 13.9. The number of amides is 1. The Morgan fingerprint density at radius 2 is 1.60 bits per heavy atom. The van der Waals surface area contributed by atoms with E-state index in [0.717, 1.165) is 6.42 Å². The Kier molecular flexibility index (Phi) is 7.25. The molecule has 0 heterocycles. The summed E-state index contributed by atoms with van der Waals surface area (Å²) in [4.78, 5) is 22.5. The highest BCUT2D eigenvalue weighted by Crippen LogP contribution is 2.32. The smallest absolute Gasteiger partial charge is 0.303 e. The predicted molar refractivity (Wildman–Crippen MR) is 81.5 cm³/mol. The lowest BCUT2D eigenvalue weighted by Crippen LogP contribution is -2.31. The van der Waals surface area contributed by atoms with Gasteiger partial charge in [-0.1, -0.05) is 41.5 Å². The first kappa shape index (κ1) is 18.9. The van der Waals surface area contributed by atoms with Gasteiger partial charge in [0, 0.05) is 19.4 Å². The summed E-state index contributed by atoms with van der Waals surface area (Å²) in [6.45, 7) is 13.1. The van der Waals surface area contributed by atoms with Crippen LogP contribution in [-0.2, 0) is 9.59 Å². The molecule has 0 rings (SSSR count). The molecule has 0 aromatic heterocycles. The Bertz CT molecular complexity index is 324. The number of hydrogen-bond donors (Lipinski definition) is 2. The monoisotopic (exact) mass is 285 g/mol. The zero-order valence-electron chi connectivity index (χ0n) is 13.9. The van der Waals surface area contributed by atoms with Gasteiger partial charge in [0.15, 0.2) is 0 Å². The molecule has 1 amide bonds. The number of carboxylic acid groups (broad SMARTS) is 1. The summed E-state index contributed by atoms with van der Waals surface area (Å²) in [5.41, 5.74) is 0.0566. The Morgan fingerprint density at radius 1 is 1.05 bits per heavy atom. The average Bonchev–Trinajstić information content (AvgIpc) is 2.17. The molecular weight excluding hydrogens is 254 g/mol. The fourth-order valence-corrected chi connectivity index (χ4v) is 2.24. The molecule has 0 aromatic rings. The molecule has 1 unspecified atom stereocenters. The van der Waals surface area contributed by atoms with E-state index in [2.05, 4.69) is 26.1 Å². The number of carbonyl (C=O) groups is 2. The normalized spacial score (nSPS) is 13.9. The molecule has 1 atom stereocenters. The van der Waals surface area contributed by atoms with Gasteiger partial charge in [-0.3, -0.25) is 9.59 Å². The van der Waals surface area contributed by atoms with Crippen LogP contribution in [0.4, 0.5) is 0 Å². The lowest BCUT2D eigenvalue weighted by atomic mass is 9.76. The second-order valence-electron chi connectivity index (χ2n) is 7.87. The van der Waals surface area contributed by atoms with Crippen molar-refractivity contribution < 1.29 is 14.7 Å². The molecule has 0 fully saturated rings. The van der Waals surface area contributed by atoms with Crippen LogP contribution in [0.25, 0.3) is 0 Å². The molecule has 0 saturated heterocycles. The minimum absolute atomic E-state index is 0.00316. The van der Waals surface area contributed by atoms with E-state index in [0.29, 0.717) is 25.3 Å². The quantitative estimate of drug-likeness (QED) is 0.753. The summed E-state index contributed by atoms with van der Waals surface area (Å²) in [6, 6.07) is 0. The molecule has 0 aliphatic rings. The highest BCUT2D eigenvalue weighted by molar-refractivity contribution is 5.76. The maximum absolute atomic E-state index is 11.8. The number of carboxylic acids is 1. The average molecular weight is 285 g/mol. The van der Waals surface area contributed by atoms with Crippen LogP contribution in [0.1, 0.15) is 67.2 Å². The van der Waals surface area contributed by atoms with Crippen molar-refractivity contribution in [2.75, 3.05) is 6.54 Å². The molecule has 0 aromatic carbocycles. The number of hydrogen-bond acceptors (Lipinski definition) is 2. The second kappa shape index (κ2) is 7.65. The lowest BCUT2D eigenvalue weighted by Gasteiger charge is -2.30. The molecule has 0 aliphatic heterocycles. The summed E-state index contributed by atoms with van der Waals surface area (Å²) in [7, 11) is 0. The van der Waals surface area contributed by atoms with Crippen LogP contribution in [0.3, 0.4) is 0 Å². The van der Waals surface area contributed by atoms with E-state index in [1.807, 2.05) is 20.8 Å². The molecule has 0 aliphatic carbocycles. The van der Waals surface area contributed by atoms with E-state index in [-0.39, 0.29) is 23.2 Å². The molecular formula is C16H31NO3. The van der Waals surface area contributed by atoms with Gasteiger partial charge in [-0.2, -0.15) is 0 Å². The van der Waals surface area contributed by atoms with E-state index in [1.54, 1.807) is 0 Å². The Balaban J connectivity index is 4.21. The van der Waals surface area contributed by atoms with Crippen molar-refractivity contribution in [3.8, 4) is 0 Å². The SMILES string of the molecule is CC(C)(C)CC(=O)NCCC(CCC(=O)O)C(C)(C)C. The number of rotatable bonds is 7. The molecule has 118 valence electrons. The molecule has 0 spiro atoms. The molecule has 0 saturated carbocycles. The summed E-state index contributed by atoms with van der Waals surface area (Å²) >= 11 is 0. The van der Waals surface area contributed by atoms with Gasteiger partial charge in [-0.25, -0.2) is 0 Å². The minimum Gasteiger partial charge on any atom is -0.481 e. The number of aliphatic carboxylic acids is 1. The van der Waals surface area contributed by atoms with Crippen LogP contribution in [0.2, 0.25) is 0 Å². The van der Waals surface area contributed by atoms with Crippen molar-refractivity contribution in [3.05, 3.63) is 0 Å². The molecule has 0 bridgehead atoms. The van der Waals surface area contributed by atoms with Crippen LogP contribution in [0.15, 0.2) is 0 Å². The standard InChI is InChI=1S/C16H31NO3/c1-15(2,3)11-13(18)17-10-9-12(16(4,5)6)7-8-14(19)20/h12H,7-11H2,1-6H3,(H,17,18)(H,19,20). The van der Waals surface area contributed by atoms with Crippen molar-refractivity contribution in [1.82, 2.24) is 5.32 Å². The van der Waals surface area contributed by atoms with Gasteiger partial charge < -0.3 is 10.4 Å². The van der Waals surface area contributed by atoms with Crippen LogP contribution < -0.4 is 5.32 Å². The topological polar surface area (TPSA) is 66.4 Å². The minimum atomic E-state index is -0.754. The third kappa shape index (κ3) is 9.82. The predicted octanol–water partition coefficient (Wildman–Crippen LogP) is 3.46. The summed E-state index contributed by atoms with van der Waals surface area (Å²) in [6.07, 6.45) is 2.20. The van der Waals surface area contributed by atoms with Crippen LogP contribution in [0, 0.1) is 16.7 Å². The number of carbonyl (C=O) groups excluding carboxylic acids is 1. The summed E-state index contributed by atoms with van der Waals surface area (Å²) in [5.74, 6) is -0.382. The van der Waals surface area contributed by atoms with E-state index in [9.17, 15) is 9.59 Å². The Morgan fingerprint density at radius 3 is 2.00 bits per heavy atom. The summed E-state index contributed by atoms with van der Waals surface area (Å²) in [5, 5.41) is 11.7. The highest BCUT2D eigenvalue weighted by Gasteiger charge is 2.25. The van der Waals surface area contributed by atoms with Crippen LogP contribution in [-0.4, -0.2) is 23.5 Å². The zero-order chi connectivity index (χ0) is 16.0. The van der Waals surface area contributed by atoms with Crippen molar-refractivity contribution in [1.29, 1.82) is 0 Å². The van der Waals surface area contributed by atoms with Crippen molar-refractivity contribution in [3.63, 3.8) is 0 Å². The number of nitrogens with one attached hydrogen (secondary N) is 1. The molecule has 2 N–H and O–H groups in total. The Labute approximate surface area is 123 Å². The van der Waals surface area contributed by atoms with Gasteiger partial charge in [-0.15, -0.1) is 0 Å². The third-order valence-corrected chi connectivity index (χ3v) is 3.44. The maximum atomic E-state index is 11.8. The molecule has 4 heteroatoms. The molecule has 4 nitrogen and oxygen atoms in total. The fourth-order valence-electron chi connectivity index (χ4n) is 2.24. The highest BCUT2D eigenvalue weighted by atomic mass is 16.4. The largest absolute Gasteiger partial charge is 0.481 e. The molecule has 20 heavy (non-hydrogen) atoms. The van der Waals surface area contributed by atoms with Gasteiger partial charge in [0.2, 0.25) is 5.91 Å². The van der Waals surface area contributed by atoms with Gasteiger partial charge in [0.1, 0.15) is 0 Å². The Hall–Kier alpha value is -1.06. The van der Waals surface area contributed by atoms with Crippen molar-refractivity contribution >= 4 is 11.9 Å². The fraction of sp³-hybridized carbons (Fsp3) is 0.875. The van der Waals surface area contributed by atoms with E-state index < -0.39 is 5.97 Å². The van der Waals surface area contributed by atoms with Gasteiger partial charge >= 0.3 is 5.97 Å². The first-order valence-corrected chi connectivity index (χ1v) is 7.40. The summed E-state index contributed by atoms with van der Waals surface area (Å²) < 4.78 is 0. The first-order chi connectivity index (χ1) is 8.92. The maximum Gasteiger partial charge on any atom is 0.303 e. The molecule has 0 radical (unpaired) electrons. The first-order valence-electron chi connectivity index (χ1n) is 7.40. The van der Waals surface area contributed by atoms with Gasteiger partial charge in [0.25, 0.3) is 0 Å². The second-order valence-corrected chi connectivity index (χ2v) is 7.87. The van der Waals surface area contributed by atoms with E-state index >= 15 is 0 Å².